The van der Waals surface area contributed by atoms with Gasteiger partial charge in [-0.05, 0) is 57.5 Å². The van der Waals surface area contributed by atoms with Gasteiger partial charge in [0.15, 0.2) is 11.5 Å². The minimum absolute atomic E-state index is 0.361. The molecule has 0 spiro atoms. The lowest BCUT2D eigenvalue weighted by atomic mass is 10.1. The van der Waals surface area contributed by atoms with Crippen LogP contribution in [0, 0.1) is 33.5 Å². The zero-order valence-electron chi connectivity index (χ0n) is 18.1. The van der Waals surface area contributed by atoms with Crippen LogP contribution in [0.2, 0.25) is 0 Å². The van der Waals surface area contributed by atoms with Crippen LogP contribution >= 0.6 is 0 Å². The van der Waals surface area contributed by atoms with Gasteiger partial charge in [-0.3, -0.25) is 4.98 Å². The molecule has 5 aromatic rings. The first-order valence-corrected chi connectivity index (χ1v) is 10.2. The van der Waals surface area contributed by atoms with Crippen LogP contribution in [-0.4, -0.2) is 34.7 Å². The van der Waals surface area contributed by atoms with Gasteiger partial charge >= 0.3 is 0 Å². The maximum absolute atomic E-state index is 15.0. The van der Waals surface area contributed by atoms with Crippen LogP contribution in [0.5, 0.6) is 0 Å². The quantitative estimate of drug-likeness (QED) is 0.416. The fourth-order valence-corrected chi connectivity index (χ4v) is 3.54. The lowest BCUT2D eigenvalue weighted by Gasteiger charge is -2.10. The normalized spacial score (nSPS) is 11.3. The average Bonchev–Trinajstić information content (AvgIpc) is 3.16. The largest absolute Gasteiger partial charge is 0.265 e. The number of aromatic nitrogens is 7. The zero-order valence-corrected chi connectivity index (χ0v) is 18.1. The molecule has 4 heterocycles. The fraction of sp³-hybridized carbons (Fsp3) is 0.167. The van der Waals surface area contributed by atoms with Crippen LogP contribution < -0.4 is 0 Å². The first-order chi connectivity index (χ1) is 15.4. The number of pyridine rings is 1. The highest BCUT2D eigenvalue weighted by molar-refractivity contribution is 5.89. The Kier molecular flexibility index (Phi) is 4.70. The van der Waals surface area contributed by atoms with Crippen molar-refractivity contribution in [3.8, 4) is 28.3 Å². The molecule has 0 bridgehead atoms. The van der Waals surface area contributed by atoms with Gasteiger partial charge in [0, 0.05) is 24.2 Å². The molecule has 7 nitrogen and oxygen atoms in total. The predicted octanol–water partition coefficient (Wildman–Crippen LogP) is 4.71. The molecule has 32 heavy (non-hydrogen) atoms. The molecule has 4 aromatic heterocycles. The molecule has 0 aliphatic rings. The van der Waals surface area contributed by atoms with Crippen molar-refractivity contribution in [2.45, 2.75) is 27.7 Å². The molecule has 0 unspecified atom stereocenters. The van der Waals surface area contributed by atoms with Crippen LogP contribution in [0.4, 0.5) is 4.39 Å². The van der Waals surface area contributed by atoms with Crippen molar-refractivity contribution in [1.29, 1.82) is 0 Å². The number of aryl methyl sites for hydroxylation is 4. The van der Waals surface area contributed by atoms with E-state index in [-0.39, 0.29) is 5.82 Å². The number of hydrogen-bond acceptors (Lipinski definition) is 6. The molecule has 0 saturated heterocycles. The van der Waals surface area contributed by atoms with Gasteiger partial charge in [-0.1, -0.05) is 6.07 Å². The highest BCUT2D eigenvalue weighted by atomic mass is 19.1. The number of hydrogen-bond donors (Lipinski definition) is 0. The lowest BCUT2D eigenvalue weighted by Crippen LogP contribution is -2.03. The molecule has 8 heteroatoms. The van der Waals surface area contributed by atoms with Crippen LogP contribution in [0.15, 0.2) is 48.9 Å². The molecule has 0 saturated carbocycles. The van der Waals surface area contributed by atoms with E-state index < -0.39 is 0 Å². The maximum atomic E-state index is 15.0. The van der Waals surface area contributed by atoms with Gasteiger partial charge in [-0.25, -0.2) is 29.0 Å². The second-order valence-electron chi connectivity index (χ2n) is 7.72. The predicted molar refractivity (Wildman–Crippen MR) is 120 cm³/mol. The van der Waals surface area contributed by atoms with Gasteiger partial charge < -0.3 is 0 Å². The Balaban J connectivity index is 1.77. The molecule has 0 N–H and O–H groups in total. The third kappa shape index (κ3) is 3.39. The van der Waals surface area contributed by atoms with Gasteiger partial charge in [0.1, 0.15) is 17.0 Å². The second-order valence-corrected chi connectivity index (χ2v) is 7.72. The summed E-state index contributed by atoms with van der Waals surface area (Å²) in [5.74, 6) is 0.0583. The van der Waals surface area contributed by atoms with Crippen molar-refractivity contribution >= 4 is 11.2 Å². The molecular formula is C24H20FN7. The van der Waals surface area contributed by atoms with Crippen LogP contribution in [-0.2, 0) is 0 Å². The van der Waals surface area contributed by atoms with E-state index in [9.17, 15) is 4.39 Å². The molecule has 0 fully saturated rings. The Morgan fingerprint density at radius 2 is 1.53 bits per heavy atom. The lowest BCUT2D eigenvalue weighted by molar-refractivity contribution is 0.629. The molecule has 0 radical (unpaired) electrons. The highest BCUT2D eigenvalue weighted by Gasteiger charge is 2.20. The number of halogens is 1. The van der Waals surface area contributed by atoms with E-state index >= 15 is 0 Å². The van der Waals surface area contributed by atoms with E-state index in [4.69, 9.17) is 4.98 Å². The van der Waals surface area contributed by atoms with Gasteiger partial charge in [0.2, 0.25) is 0 Å². The van der Waals surface area contributed by atoms with Gasteiger partial charge in [-0.2, -0.15) is 5.10 Å². The van der Waals surface area contributed by atoms with Crippen molar-refractivity contribution < 1.29 is 4.39 Å². The average molecular weight is 425 g/mol. The number of benzene rings is 1. The number of rotatable bonds is 3. The fourth-order valence-electron chi connectivity index (χ4n) is 3.54. The molecular weight excluding hydrogens is 405 g/mol. The molecule has 0 atom stereocenters. The zero-order chi connectivity index (χ0) is 22.4. The van der Waals surface area contributed by atoms with Crippen molar-refractivity contribution in [3.05, 3.63) is 77.4 Å². The van der Waals surface area contributed by atoms with Crippen LogP contribution in [0.1, 0.15) is 22.6 Å². The maximum Gasteiger partial charge on any atom is 0.182 e. The summed E-state index contributed by atoms with van der Waals surface area (Å²) in [6, 6.07) is 8.79. The number of fused-ring (bicyclic) bond motifs is 1. The molecule has 0 aliphatic carbocycles. The van der Waals surface area contributed by atoms with Gasteiger partial charge in [0.05, 0.1) is 28.3 Å². The first-order valence-electron chi connectivity index (χ1n) is 10.2. The molecule has 0 amide bonds. The van der Waals surface area contributed by atoms with Crippen molar-refractivity contribution in [1.82, 2.24) is 34.7 Å². The summed E-state index contributed by atoms with van der Waals surface area (Å²) in [6.45, 7) is 7.48. The van der Waals surface area contributed by atoms with E-state index in [1.54, 1.807) is 23.1 Å². The smallest absolute Gasteiger partial charge is 0.182 e. The van der Waals surface area contributed by atoms with Crippen molar-refractivity contribution in [2.75, 3.05) is 0 Å². The molecule has 158 valence electrons. The molecule has 0 aliphatic heterocycles. The standard InChI is InChI=1S/C24H20FN7/c1-13-5-6-18(20(25)11-13)21-22-24(28-15(3)14(2)27-22)30-23(29-21)19-12-32(31-16(19)4)17-7-9-26-10-8-17/h5-12H,1-4H3. The summed E-state index contributed by atoms with van der Waals surface area (Å²) in [6.07, 6.45) is 5.27. The van der Waals surface area contributed by atoms with E-state index in [2.05, 4.69) is 25.0 Å². The summed E-state index contributed by atoms with van der Waals surface area (Å²) in [5, 5.41) is 4.60. The second kappa shape index (κ2) is 7.56. The molecule has 5 rings (SSSR count). The van der Waals surface area contributed by atoms with Gasteiger partial charge in [-0.15, -0.1) is 0 Å². The topological polar surface area (TPSA) is 82.3 Å². The van der Waals surface area contributed by atoms with Gasteiger partial charge in [0.25, 0.3) is 0 Å². The van der Waals surface area contributed by atoms with Crippen LogP contribution in [0.25, 0.3) is 39.5 Å². The summed E-state index contributed by atoms with van der Waals surface area (Å²) in [7, 11) is 0. The van der Waals surface area contributed by atoms with E-state index in [1.807, 2.05) is 52.1 Å². The van der Waals surface area contributed by atoms with Crippen molar-refractivity contribution in [2.24, 2.45) is 0 Å². The Bertz CT molecular complexity index is 1480. The van der Waals surface area contributed by atoms with Crippen LogP contribution in [0.3, 0.4) is 0 Å². The van der Waals surface area contributed by atoms with E-state index in [0.717, 1.165) is 33.9 Å². The number of nitrogens with zero attached hydrogens (tertiary/aromatic N) is 7. The molecule has 1 aromatic carbocycles. The first kappa shape index (κ1) is 19.9. The summed E-state index contributed by atoms with van der Waals surface area (Å²) in [4.78, 5) is 22.7. The third-order valence-corrected chi connectivity index (χ3v) is 5.39. The summed E-state index contributed by atoms with van der Waals surface area (Å²) >= 11 is 0. The van der Waals surface area contributed by atoms with E-state index in [1.165, 1.54) is 6.07 Å². The minimum Gasteiger partial charge on any atom is -0.265 e. The Labute approximate surface area is 184 Å². The minimum atomic E-state index is -0.361. The summed E-state index contributed by atoms with van der Waals surface area (Å²) in [5.41, 5.74) is 6.36. The monoisotopic (exact) mass is 425 g/mol. The van der Waals surface area contributed by atoms with Crippen molar-refractivity contribution in [3.63, 3.8) is 0 Å². The Morgan fingerprint density at radius 3 is 2.28 bits per heavy atom. The summed E-state index contributed by atoms with van der Waals surface area (Å²) < 4.78 is 16.7. The van der Waals surface area contributed by atoms with E-state index in [0.29, 0.717) is 28.2 Å². The Hall–Kier alpha value is -4.07. The SMILES string of the molecule is Cc1ccc(-c2nc(-c3cn(-c4ccncc4)nc3C)nc3nc(C)c(C)nc23)c(F)c1. The Morgan fingerprint density at radius 1 is 0.781 bits per heavy atom. The highest BCUT2D eigenvalue weighted by Crippen LogP contribution is 2.31. The third-order valence-electron chi connectivity index (χ3n) is 5.39.